The van der Waals surface area contributed by atoms with E-state index >= 15 is 0 Å². The predicted molar refractivity (Wildman–Crippen MR) is 111 cm³/mol. The van der Waals surface area contributed by atoms with Crippen molar-refractivity contribution < 1.29 is 14.2 Å². The van der Waals surface area contributed by atoms with Gasteiger partial charge in [-0.05, 0) is 19.3 Å². The van der Waals surface area contributed by atoms with Gasteiger partial charge in [-0.15, -0.1) is 0 Å². The molecule has 9 nitrogen and oxygen atoms in total. The number of H-pyrrole nitrogens is 1. The molecule has 0 spiro atoms. The molecule has 1 aliphatic heterocycles. The Bertz CT molecular complexity index is 776. The van der Waals surface area contributed by atoms with Crippen molar-refractivity contribution in [3.8, 4) is 17.2 Å². The molecule has 29 heavy (non-hydrogen) atoms. The second-order valence-corrected chi connectivity index (χ2v) is 6.87. The van der Waals surface area contributed by atoms with Crippen LogP contribution in [0.3, 0.4) is 0 Å². The van der Waals surface area contributed by atoms with Crippen LogP contribution >= 0.6 is 0 Å². The lowest BCUT2D eigenvalue weighted by molar-refractivity contribution is 0.299. The van der Waals surface area contributed by atoms with Crippen molar-refractivity contribution in [1.82, 2.24) is 25.4 Å². The first-order chi connectivity index (χ1) is 14.2. The number of hydrogen-bond donors (Lipinski definition) is 2. The number of piperidine rings is 1. The third kappa shape index (κ3) is 4.90. The van der Waals surface area contributed by atoms with E-state index in [1.807, 2.05) is 19.2 Å². The number of aromatic nitrogens is 3. The highest BCUT2D eigenvalue weighted by Gasteiger charge is 2.24. The van der Waals surface area contributed by atoms with E-state index in [0.29, 0.717) is 18.2 Å². The normalized spacial score (nSPS) is 15.3. The number of nitrogens with zero attached hydrogens (tertiary/aromatic N) is 4. The molecule has 0 atom stereocenters. The number of methoxy groups -OCH3 is 3. The lowest BCUT2D eigenvalue weighted by Crippen LogP contribution is -2.45. The number of hydrogen-bond acceptors (Lipinski definition) is 6. The van der Waals surface area contributed by atoms with Crippen LogP contribution in [-0.2, 0) is 6.42 Å². The van der Waals surface area contributed by atoms with Crippen molar-refractivity contribution in [1.29, 1.82) is 0 Å². The largest absolute Gasteiger partial charge is 0.496 e. The van der Waals surface area contributed by atoms with Crippen molar-refractivity contribution in [3.63, 3.8) is 0 Å². The number of nitrogens with one attached hydrogen (secondary N) is 2. The molecule has 158 valence electrons. The molecule has 2 heterocycles. The lowest BCUT2D eigenvalue weighted by atomic mass is 9.96. The van der Waals surface area contributed by atoms with E-state index in [0.717, 1.165) is 61.2 Å². The van der Waals surface area contributed by atoms with E-state index in [1.54, 1.807) is 27.7 Å². The number of aromatic amines is 1. The zero-order chi connectivity index (χ0) is 20.6. The van der Waals surface area contributed by atoms with Gasteiger partial charge in [-0.25, -0.2) is 4.98 Å². The summed E-state index contributed by atoms with van der Waals surface area (Å²) in [6.07, 6.45) is 4.36. The van der Waals surface area contributed by atoms with Gasteiger partial charge in [0, 0.05) is 50.3 Å². The van der Waals surface area contributed by atoms with Crippen LogP contribution in [0.15, 0.2) is 23.5 Å². The molecule has 2 N–H and O–H groups in total. The molecule has 1 saturated heterocycles. The fourth-order valence-corrected chi connectivity index (χ4v) is 3.73. The molecule has 0 bridgehead atoms. The molecule has 0 aliphatic carbocycles. The van der Waals surface area contributed by atoms with Gasteiger partial charge in [0.25, 0.3) is 0 Å². The van der Waals surface area contributed by atoms with Gasteiger partial charge in [0.05, 0.1) is 21.3 Å². The summed E-state index contributed by atoms with van der Waals surface area (Å²) < 4.78 is 16.4. The molecule has 1 aliphatic rings. The molecule has 0 amide bonds. The Hall–Kier alpha value is -2.97. The highest BCUT2D eigenvalue weighted by atomic mass is 16.5. The molecule has 9 heteroatoms. The highest BCUT2D eigenvalue weighted by molar-refractivity contribution is 5.80. The summed E-state index contributed by atoms with van der Waals surface area (Å²) in [5.74, 6) is 4.54. The van der Waals surface area contributed by atoms with E-state index in [-0.39, 0.29) is 0 Å². The standard InChI is InChI=1S/C20H30N6O3/c1-21-20(26-9-6-14(7-10-26)19-23-13-24-25-19)22-8-5-16-17(28-3)11-15(27-2)12-18(16)29-4/h11-14H,5-10H2,1-4H3,(H,21,22)(H,23,24,25). The zero-order valence-corrected chi connectivity index (χ0v) is 17.6. The van der Waals surface area contributed by atoms with Crippen LogP contribution in [0.2, 0.25) is 0 Å². The summed E-state index contributed by atoms with van der Waals surface area (Å²) in [6.45, 7) is 2.58. The number of ether oxygens (including phenoxy) is 3. The first-order valence-electron chi connectivity index (χ1n) is 9.79. The topological polar surface area (TPSA) is 96.9 Å². The molecular weight excluding hydrogens is 372 g/mol. The van der Waals surface area contributed by atoms with Crippen LogP contribution in [-0.4, -0.2) is 74.1 Å². The first kappa shape index (κ1) is 20.8. The zero-order valence-electron chi connectivity index (χ0n) is 17.6. The number of aliphatic imine (C=N–C) groups is 1. The Morgan fingerprint density at radius 1 is 1.17 bits per heavy atom. The molecule has 0 saturated carbocycles. The maximum absolute atomic E-state index is 5.54. The Morgan fingerprint density at radius 2 is 1.86 bits per heavy atom. The van der Waals surface area contributed by atoms with Gasteiger partial charge in [-0.3, -0.25) is 10.1 Å². The SMILES string of the molecule is CN=C(NCCc1c(OC)cc(OC)cc1OC)N1CCC(c2ncn[nH]2)CC1. The minimum atomic E-state index is 0.430. The summed E-state index contributed by atoms with van der Waals surface area (Å²) >= 11 is 0. The van der Waals surface area contributed by atoms with Crippen molar-refractivity contribution in [2.24, 2.45) is 4.99 Å². The molecule has 2 aromatic rings. The summed E-state index contributed by atoms with van der Waals surface area (Å²) in [5.41, 5.74) is 1.00. The van der Waals surface area contributed by atoms with Gasteiger partial charge in [0.2, 0.25) is 0 Å². The van der Waals surface area contributed by atoms with E-state index < -0.39 is 0 Å². The van der Waals surface area contributed by atoms with Crippen LogP contribution in [0, 0.1) is 0 Å². The van der Waals surface area contributed by atoms with Gasteiger partial charge >= 0.3 is 0 Å². The van der Waals surface area contributed by atoms with Crippen LogP contribution in [0.4, 0.5) is 0 Å². The maximum Gasteiger partial charge on any atom is 0.193 e. The van der Waals surface area contributed by atoms with Gasteiger partial charge in [-0.2, -0.15) is 5.10 Å². The molecule has 1 aromatic heterocycles. The van der Waals surface area contributed by atoms with Gasteiger partial charge in [0.1, 0.15) is 29.4 Å². The van der Waals surface area contributed by atoms with Crippen LogP contribution < -0.4 is 19.5 Å². The number of likely N-dealkylation sites (tertiary alicyclic amines) is 1. The molecule has 3 rings (SSSR count). The molecule has 0 radical (unpaired) electrons. The van der Waals surface area contributed by atoms with E-state index in [1.165, 1.54) is 0 Å². The van der Waals surface area contributed by atoms with Crippen LogP contribution in [0.1, 0.15) is 30.1 Å². The molecule has 1 fully saturated rings. The van der Waals surface area contributed by atoms with Crippen LogP contribution in [0.5, 0.6) is 17.2 Å². The third-order valence-electron chi connectivity index (χ3n) is 5.30. The average Bonchev–Trinajstić information content (AvgIpc) is 3.31. The monoisotopic (exact) mass is 402 g/mol. The summed E-state index contributed by atoms with van der Waals surface area (Å²) in [5, 5.41) is 10.4. The molecular formula is C20H30N6O3. The summed E-state index contributed by atoms with van der Waals surface area (Å²) in [4.78, 5) is 11.0. The Balaban J connectivity index is 1.57. The maximum atomic E-state index is 5.54. The summed E-state index contributed by atoms with van der Waals surface area (Å²) in [6, 6.07) is 3.75. The fraction of sp³-hybridized carbons (Fsp3) is 0.550. The number of guanidine groups is 1. The Kier molecular flexibility index (Phi) is 7.15. The first-order valence-corrected chi connectivity index (χ1v) is 9.79. The number of benzene rings is 1. The Labute approximate surface area is 171 Å². The van der Waals surface area contributed by atoms with Crippen molar-refractivity contribution >= 4 is 5.96 Å². The van der Waals surface area contributed by atoms with Crippen molar-refractivity contribution in [3.05, 3.63) is 29.8 Å². The summed E-state index contributed by atoms with van der Waals surface area (Å²) in [7, 11) is 6.76. The molecule has 0 unspecified atom stereocenters. The highest BCUT2D eigenvalue weighted by Crippen LogP contribution is 2.34. The smallest absolute Gasteiger partial charge is 0.193 e. The van der Waals surface area contributed by atoms with Gasteiger partial charge < -0.3 is 24.4 Å². The second-order valence-electron chi connectivity index (χ2n) is 6.87. The second kappa shape index (κ2) is 9.99. The van der Waals surface area contributed by atoms with Crippen molar-refractivity contribution in [2.45, 2.75) is 25.2 Å². The fourth-order valence-electron chi connectivity index (χ4n) is 3.73. The lowest BCUT2D eigenvalue weighted by Gasteiger charge is -2.33. The minimum Gasteiger partial charge on any atom is -0.496 e. The predicted octanol–water partition coefficient (Wildman–Crippen LogP) is 1.83. The minimum absolute atomic E-state index is 0.430. The third-order valence-corrected chi connectivity index (χ3v) is 5.30. The molecule has 1 aromatic carbocycles. The van der Waals surface area contributed by atoms with E-state index in [4.69, 9.17) is 14.2 Å². The van der Waals surface area contributed by atoms with E-state index in [2.05, 4.69) is 30.4 Å². The van der Waals surface area contributed by atoms with Gasteiger partial charge in [0.15, 0.2) is 5.96 Å². The van der Waals surface area contributed by atoms with Crippen molar-refractivity contribution in [2.75, 3.05) is 48.0 Å². The van der Waals surface area contributed by atoms with E-state index in [9.17, 15) is 0 Å². The van der Waals surface area contributed by atoms with Crippen LogP contribution in [0.25, 0.3) is 0 Å². The average molecular weight is 402 g/mol. The van der Waals surface area contributed by atoms with Gasteiger partial charge in [-0.1, -0.05) is 0 Å². The quantitative estimate of drug-likeness (QED) is 0.539. The Morgan fingerprint density at radius 3 is 2.38 bits per heavy atom. The number of rotatable bonds is 7.